The van der Waals surface area contributed by atoms with Gasteiger partial charge in [-0.1, -0.05) is 23.2 Å². The van der Waals surface area contributed by atoms with Gasteiger partial charge in [0.1, 0.15) is 5.56 Å². The van der Waals surface area contributed by atoms with Crippen molar-refractivity contribution >= 4 is 35.1 Å². The van der Waals surface area contributed by atoms with Gasteiger partial charge in [-0.3, -0.25) is 0 Å². The minimum absolute atomic E-state index is 0.0540. The van der Waals surface area contributed by atoms with Gasteiger partial charge in [-0.05, 0) is 48.5 Å². The third-order valence-corrected chi connectivity index (χ3v) is 3.01. The molecular weight excluding hydrogens is 317 g/mol. The molecular formula is C14H8Cl2NO4+. The first kappa shape index (κ1) is 15.2. The lowest BCUT2D eigenvalue weighted by Gasteiger charge is -1.95. The number of rotatable bonds is 2. The molecule has 2 aromatic rings. The SMILES string of the molecule is O=C(O[N+](=O)C(=O)c1ccc(Cl)cc1)c1ccc(Cl)cc1. The Balaban J connectivity index is 2.07. The molecule has 0 atom stereocenters. The number of benzene rings is 2. The topological polar surface area (TPSA) is 63.5 Å². The van der Waals surface area contributed by atoms with Gasteiger partial charge in [-0.25, -0.2) is 9.59 Å². The number of halogens is 2. The Morgan fingerprint density at radius 1 is 0.810 bits per heavy atom. The van der Waals surface area contributed by atoms with Gasteiger partial charge in [0, 0.05) is 10.0 Å². The molecule has 21 heavy (non-hydrogen) atoms. The van der Waals surface area contributed by atoms with Crippen molar-refractivity contribution in [2.75, 3.05) is 0 Å². The van der Waals surface area contributed by atoms with Crippen LogP contribution in [0.15, 0.2) is 48.5 Å². The average Bonchev–Trinajstić information content (AvgIpc) is 2.47. The number of hydrogen-bond donors (Lipinski definition) is 0. The maximum atomic E-state index is 11.7. The van der Waals surface area contributed by atoms with Gasteiger partial charge in [0.25, 0.3) is 0 Å². The van der Waals surface area contributed by atoms with Crippen LogP contribution in [0, 0.1) is 4.91 Å². The van der Waals surface area contributed by atoms with Gasteiger partial charge >= 0.3 is 16.8 Å². The Kier molecular flexibility index (Phi) is 4.67. The summed E-state index contributed by atoms with van der Waals surface area (Å²) < 4.78 is 0. The predicted octanol–water partition coefficient (Wildman–Crippen LogP) is 3.68. The average molecular weight is 325 g/mol. The molecule has 0 aliphatic rings. The molecule has 7 heteroatoms. The van der Waals surface area contributed by atoms with Crippen LogP contribution in [-0.2, 0) is 4.84 Å². The summed E-state index contributed by atoms with van der Waals surface area (Å²) in [6.45, 7) is 0. The van der Waals surface area contributed by atoms with Crippen LogP contribution in [0.2, 0.25) is 10.0 Å². The number of hydrogen-bond acceptors (Lipinski definition) is 4. The highest BCUT2D eigenvalue weighted by Crippen LogP contribution is 2.12. The molecule has 106 valence electrons. The minimum atomic E-state index is -1.01. The molecule has 0 aromatic heterocycles. The van der Waals surface area contributed by atoms with Gasteiger partial charge in [-0.2, -0.15) is 0 Å². The molecule has 2 aromatic carbocycles. The molecule has 0 N–H and O–H groups in total. The van der Waals surface area contributed by atoms with Gasteiger partial charge in [0.05, 0.1) is 10.5 Å². The predicted molar refractivity (Wildman–Crippen MR) is 76.3 cm³/mol. The summed E-state index contributed by atoms with van der Waals surface area (Å²) in [4.78, 5) is 39.0. The lowest BCUT2D eigenvalue weighted by Crippen LogP contribution is -2.22. The highest BCUT2D eigenvalue weighted by atomic mass is 35.5. The van der Waals surface area contributed by atoms with E-state index < -0.39 is 11.9 Å². The Hall–Kier alpha value is -2.24. The van der Waals surface area contributed by atoms with Crippen molar-refractivity contribution in [3.8, 4) is 0 Å². The molecule has 2 rings (SSSR count). The fourth-order valence-corrected chi connectivity index (χ4v) is 1.71. The Bertz CT molecular complexity index is 696. The van der Waals surface area contributed by atoms with Crippen molar-refractivity contribution < 1.29 is 19.3 Å². The highest BCUT2D eigenvalue weighted by molar-refractivity contribution is 6.30. The van der Waals surface area contributed by atoms with E-state index in [1.165, 1.54) is 48.5 Å². The van der Waals surface area contributed by atoms with Gasteiger partial charge < -0.3 is 0 Å². The van der Waals surface area contributed by atoms with Gasteiger partial charge in [-0.15, -0.1) is 4.84 Å². The molecule has 5 nitrogen and oxygen atoms in total. The van der Waals surface area contributed by atoms with E-state index in [2.05, 4.69) is 4.84 Å². The quantitative estimate of drug-likeness (QED) is 0.790. The summed E-state index contributed by atoms with van der Waals surface area (Å²) in [5, 5.41) is 0.852. The maximum Gasteiger partial charge on any atom is 0.522 e. The van der Waals surface area contributed by atoms with Crippen LogP contribution in [0.5, 0.6) is 0 Å². The van der Waals surface area contributed by atoms with Crippen LogP contribution in [0.1, 0.15) is 20.7 Å². The summed E-state index contributed by atoms with van der Waals surface area (Å²) in [6, 6.07) is 11.3. The molecule has 0 saturated heterocycles. The molecule has 0 heterocycles. The first-order chi connectivity index (χ1) is 9.97. The number of amides is 1. The molecule has 0 unspecified atom stereocenters. The second kappa shape index (κ2) is 6.47. The van der Waals surface area contributed by atoms with Crippen molar-refractivity contribution in [3.63, 3.8) is 0 Å². The lowest BCUT2D eigenvalue weighted by molar-refractivity contribution is -0.699. The number of carbonyl (C=O) groups excluding carboxylic acids is 2. The molecule has 0 saturated carbocycles. The van der Waals surface area contributed by atoms with Crippen LogP contribution in [0.3, 0.4) is 0 Å². The van der Waals surface area contributed by atoms with Crippen molar-refractivity contribution in [2.45, 2.75) is 0 Å². The molecule has 0 spiro atoms. The first-order valence-corrected chi connectivity index (χ1v) is 6.48. The van der Waals surface area contributed by atoms with E-state index in [4.69, 9.17) is 23.2 Å². The molecule has 1 amide bonds. The zero-order valence-corrected chi connectivity index (χ0v) is 12.0. The highest BCUT2D eigenvalue weighted by Gasteiger charge is 2.31. The Morgan fingerprint density at radius 3 is 1.71 bits per heavy atom. The summed E-state index contributed by atoms with van der Waals surface area (Å²) in [6.07, 6.45) is 0. The fourth-order valence-electron chi connectivity index (χ4n) is 1.45. The van der Waals surface area contributed by atoms with E-state index in [9.17, 15) is 14.5 Å². The van der Waals surface area contributed by atoms with E-state index in [0.717, 1.165) is 0 Å². The Morgan fingerprint density at radius 2 is 1.24 bits per heavy atom. The lowest BCUT2D eigenvalue weighted by atomic mass is 10.2. The summed E-state index contributed by atoms with van der Waals surface area (Å²) in [5.74, 6) is -1.96. The third kappa shape index (κ3) is 3.87. The van der Waals surface area contributed by atoms with Crippen LogP contribution in [0.4, 0.5) is 0 Å². The van der Waals surface area contributed by atoms with Gasteiger partial charge in [0.2, 0.25) is 0 Å². The van der Waals surface area contributed by atoms with E-state index >= 15 is 0 Å². The number of nitrogens with zero attached hydrogens (tertiary/aromatic N) is 1. The monoisotopic (exact) mass is 324 g/mol. The minimum Gasteiger partial charge on any atom is -0.238 e. The summed E-state index contributed by atoms with van der Waals surface area (Å²) in [5.41, 5.74) is 0.155. The zero-order chi connectivity index (χ0) is 15.4. The maximum absolute atomic E-state index is 11.7. The normalized spacial score (nSPS) is 10.0. The molecule has 0 fully saturated rings. The number of carbonyl (C=O) groups is 2. The summed E-state index contributed by atoms with van der Waals surface area (Å²) in [7, 11) is 0. The second-order valence-electron chi connectivity index (χ2n) is 3.95. The largest absolute Gasteiger partial charge is 0.522 e. The van der Waals surface area contributed by atoms with Crippen LogP contribution >= 0.6 is 23.2 Å². The van der Waals surface area contributed by atoms with Crippen molar-refractivity contribution in [1.29, 1.82) is 0 Å². The Labute approximate surface area is 129 Å². The standard InChI is InChI=1S/C14H8Cl2NO4/c15-11-5-1-9(2-6-11)13(18)17(20)21-14(19)10-3-7-12(16)8-4-10/h1-8H/q+1. The second-order valence-corrected chi connectivity index (χ2v) is 4.83. The van der Waals surface area contributed by atoms with Crippen molar-refractivity contribution in [2.24, 2.45) is 0 Å². The molecule has 0 bridgehead atoms. The summed E-state index contributed by atoms with van der Waals surface area (Å²) >= 11 is 11.4. The van der Waals surface area contributed by atoms with Crippen molar-refractivity contribution in [1.82, 2.24) is 0 Å². The molecule has 0 aliphatic heterocycles. The first-order valence-electron chi connectivity index (χ1n) is 5.72. The zero-order valence-electron chi connectivity index (χ0n) is 10.5. The molecule has 0 aliphatic carbocycles. The smallest absolute Gasteiger partial charge is 0.238 e. The fraction of sp³-hybridized carbons (Fsp3) is 0. The van der Waals surface area contributed by atoms with Gasteiger partial charge in [0.15, 0.2) is 0 Å². The van der Waals surface area contributed by atoms with E-state index in [0.29, 0.717) is 10.0 Å². The molecule has 0 radical (unpaired) electrons. The third-order valence-electron chi connectivity index (χ3n) is 2.50. The van der Waals surface area contributed by atoms with E-state index in [-0.39, 0.29) is 16.1 Å². The van der Waals surface area contributed by atoms with E-state index in [1.54, 1.807) is 0 Å². The van der Waals surface area contributed by atoms with Crippen LogP contribution in [0.25, 0.3) is 0 Å². The van der Waals surface area contributed by atoms with E-state index in [1.807, 2.05) is 0 Å². The van der Waals surface area contributed by atoms with Crippen LogP contribution in [-0.4, -0.2) is 16.8 Å². The van der Waals surface area contributed by atoms with Crippen LogP contribution < -0.4 is 0 Å². The van der Waals surface area contributed by atoms with Crippen molar-refractivity contribution in [3.05, 3.63) is 74.6 Å².